The molecule has 156 valence electrons. The van der Waals surface area contributed by atoms with Crippen molar-refractivity contribution in [1.29, 1.82) is 0 Å². The van der Waals surface area contributed by atoms with Gasteiger partial charge in [0.05, 0.1) is 18.2 Å². The van der Waals surface area contributed by atoms with Crippen LogP contribution >= 0.6 is 11.6 Å². The van der Waals surface area contributed by atoms with E-state index in [0.29, 0.717) is 24.0 Å². The van der Waals surface area contributed by atoms with Crippen LogP contribution in [0.25, 0.3) is 10.8 Å². The van der Waals surface area contributed by atoms with Gasteiger partial charge in [0.15, 0.2) is 0 Å². The first-order valence-corrected chi connectivity index (χ1v) is 10.4. The summed E-state index contributed by atoms with van der Waals surface area (Å²) in [5.74, 6) is 0.414. The number of rotatable bonds is 6. The molecule has 0 aliphatic heterocycles. The van der Waals surface area contributed by atoms with Crippen LogP contribution in [0.2, 0.25) is 5.02 Å². The highest BCUT2D eigenvalue weighted by Gasteiger charge is 2.39. The van der Waals surface area contributed by atoms with E-state index < -0.39 is 5.82 Å². The maximum Gasteiger partial charge on any atom is 0.322 e. The van der Waals surface area contributed by atoms with Gasteiger partial charge in [-0.2, -0.15) is 0 Å². The van der Waals surface area contributed by atoms with Crippen molar-refractivity contribution >= 4 is 34.1 Å². The number of benzene rings is 2. The number of urea groups is 1. The Morgan fingerprint density at radius 2 is 2.03 bits per heavy atom. The van der Waals surface area contributed by atoms with E-state index in [1.807, 2.05) is 42.3 Å². The number of methoxy groups -OCH3 is 1. The van der Waals surface area contributed by atoms with E-state index in [0.717, 1.165) is 29.2 Å². The number of carbonyl (C=O) groups is 1. The van der Waals surface area contributed by atoms with Crippen LogP contribution in [0.5, 0.6) is 5.88 Å². The molecule has 0 saturated heterocycles. The zero-order valence-electron chi connectivity index (χ0n) is 16.9. The van der Waals surface area contributed by atoms with E-state index in [1.54, 1.807) is 7.11 Å². The Kier molecular flexibility index (Phi) is 5.77. The van der Waals surface area contributed by atoms with E-state index in [-0.39, 0.29) is 17.1 Å². The van der Waals surface area contributed by atoms with E-state index in [2.05, 4.69) is 10.3 Å². The summed E-state index contributed by atoms with van der Waals surface area (Å²) in [4.78, 5) is 19.5. The molecule has 4 rings (SSSR count). The Bertz CT molecular complexity index is 1090. The molecule has 1 saturated carbocycles. The molecule has 7 heteroatoms. The number of amides is 2. The quantitative estimate of drug-likeness (QED) is 0.521. The lowest BCUT2D eigenvalue weighted by Gasteiger charge is -2.32. The summed E-state index contributed by atoms with van der Waals surface area (Å²) in [7, 11) is 1.60. The zero-order valence-corrected chi connectivity index (χ0v) is 17.6. The number of nitrogens with zero attached hydrogens (tertiary/aromatic N) is 2. The molecule has 1 aliphatic carbocycles. The van der Waals surface area contributed by atoms with Gasteiger partial charge in [0.25, 0.3) is 0 Å². The number of pyridine rings is 1. The summed E-state index contributed by atoms with van der Waals surface area (Å²) < 4.78 is 18.9. The summed E-state index contributed by atoms with van der Waals surface area (Å²) in [6.45, 7) is 2.47. The first-order chi connectivity index (χ1) is 14.5. The van der Waals surface area contributed by atoms with Crippen molar-refractivity contribution in [3.63, 3.8) is 0 Å². The number of aromatic nitrogens is 1. The van der Waals surface area contributed by atoms with Crippen molar-refractivity contribution in [2.45, 2.75) is 25.8 Å². The maximum absolute atomic E-state index is 13.5. The molecule has 1 atom stereocenters. The first-order valence-electron chi connectivity index (χ1n) is 9.97. The van der Waals surface area contributed by atoms with Crippen LogP contribution in [0.1, 0.15) is 31.4 Å². The van der Waals surface area contributed by atoms with Gasteiger partial charge in [0.2, 0.25) is 5.88 Å². The predicted octanol–water partition coefficient (Wildman–Crippen LogP) is 6.04. The van der Waals surface area contributed by atoms with Gasteiger partial charge >= 0.3 is 6.03 Å². The summed E-state index contributed by atoms with van der Waals surface area (Å²) in [6.07, 6.45) is 3.92. The highest BCUT2D eigenvalue weighted by Crippen LogP contribution is 2.47. The van der Waals surface area contributed by atoms with Gasteiger partial charge in [-0.1, -0.05) is 29.8 Å². The lowest BCUT2D eigenvalue weighted by Crippen LogP contribution is -2.39. The normalized spacial score (nSPS) is 14.4. The van der Waals surface area contributed by atoms with Crippen molar-refractivity contribution in [3.05, 3.63) is 65.1 Å². The highest BCUT2D eigenvalue weighted by molar-refractivity contribution is 6.31. The van der Waals surface area contributed by atoms with Crippen LogP contribution in [-0.4, -0.2) is 29.6 Å². The fourth-order valence-electron chi connectivity index (χ4n) is 3.91. The molecule has 1 aromatic heterocycles. The second-order valence-corrected chi connectivity index (χ2v) is 7.80. The third kappa shape index (κ3) is 3.92. The molecule has 1 heterocycles. The molecule has 2 aromatic carbocycles. The highest BCUT2D eigenvalue weighted by atomic mass is 35.5. The zero-order chi connectivity index (χ0) is 21.3. The Balaban J connectivity index is 1.70. The van der Waals surface area contributed by atoms with E-state index in [9.17, 15) is 9.18 Å². The molecule has 1 N–H and O–H groups in total. The van der Waals surface area contributed by atoms with Gasteiger partial charge in [0.1, 0.15) is 5.82 Å². The van der Waals surface area contributed by atoms with Crippen LogP contribution in [0.3, 0.4) is 0 Å². The molecule has 0 spiro atoms. The monoisotopic (exact) mass is 427 g/mol. The Hall–Kier alpha value is -2.86. The van der Waals surface area contributed by atoms with Gasteiger partial charge < -0.3 is 15.0 Å². The minimum absolute atomic E-state index is 0.0278. The fourth-order valence-corrected chi connectivity index (χ4v) is 4.09. The molecular weight excluding hydrogens is 405 g/mol. The largest absolute Gasteiger partial charge is 0.481 e. The molecule has 1 fully saturated rings. The van der Waals surface area contributed by atoms with E-state index in [4.69, 9.17) is 16.3 Å². The minimum Gasteiger partial charge on any atom is -0.481 e. The summed E-state index contributed by atoms with van der Waals surface area (Å²) in [5.41, 5.74) is 1.46. The summed E-state index contributed by atoms with van der Waals surface area (Å²) in [6, 6.07) is 11.7. The third-order valence-corrected chi connectivity index (χ3v) is 5.77. The average Bonchev–Trinajstić information content (AvgIpc) is 3.59. The minimum atomic E-state index is -0.520. The number of hydrogen-bond donors (Lipinski definition) is 1. The number of ether oxygens (including phenoxy) is 1. The van der Waals surface area contributed by atoms with Gasteiger partial charge in [0, 0.05) is 29.4 Å². The standard InChI is InChI=1S/C23H23ClFN3O2/c1-3-28(23(29)27-15-10-11-20(25)19(24)12-15)21(14-8-9-14)18-13-26-22(30-2)17-7-5-4-6-16(17)18/h4-7,10-14,21H,3,8-9H2,1-2H3,(H,27,29). The lowest BCUT2D eigenvalue weighted by atomic mass is 9.96. The Morgan fingerprint density at radius 3 is 2.67 bits per heavy atom. The van der Waals surface area contributed by atoms with Crippen molar-refractivity contribution < 1.29 is 13.9 Å². The predicted molar refractivity (Wildman–Crippen MR) is 117 cm³/mol. The number of anilines is 1. The van der Waals surface area contributed by atoms with Gasteiger partial charge in [-0.15, -0.1) is 0 Å². The van der Waals surface area contributed by atoms with Gasteiger partial charge in [-0.25, -0.2) is 14.2 Å². The Labute approximate surface area is 179 Å². The summed E-state index contributed by atoms with van der Waals surface area (Å²) in [5, 5.41) is 4.77. The van der Waals surface area contributed by atoms with Gasteiger partial charge in [-0.05, 0) is 55.3 Å². The molecule has 2 amide bonds. The van der Waals surface area contributed by atoms with Crippen LogP contribution < -0.4 is 10.1 Å². The number of carbonyl (C=O) groups excluding carboxylic acids is 1. The molecule has 1 aliphatic rings. The molecule has 5 nitrogen and oxygen atoms in total. The number of halogens is 2. The number of fused-ring (bicyclic) bond motifs is 1. The Morgan fingerprint density at radius 1 is 1.30 bits per heavy atom. The van der Waals surface area contributed by atoms with Crippen molar-refractivity contribution in [2.24, 2.45) is 5.92 Å². The van der Waals surface area contributed by atoms with Crippen molar-refractivity contribution in [2.75, 3.05) is 19.0 Å². The average molecular weight is 428 g/mol. The molecule has 0 radical (unpaired) electrons. The topological polar surface area (TPSA) is 54.5 Å². The van der Waals surface area contributed by atoms with Crippen molar-refractivity contribution in [1.82, 2.24) is 9.88 Å². The third-order valence-electron chi connectivity index (χ3n) is 5.48. The fraction of sp³-hybridized carbons (Fsp3) is 0.304. The van der Waals surface area contributed by atoms with E-state index >= 15 is 0 Å². The van der Waals surface area contributed by atoms with Crippen LogP contribution in [0, 0.1) is 11.7 Å². The molecule has 30 heavy (non-hydrogen) atoms. The van der Waals surface area contributed by atoms with Gasteiger partial charge in [-0.3, -0.25) is 0 Å². The van der Waals surface area contributed by atoms with Crippen LogP contribution in [0.15, 0.2) is 48.7 Å². The smallest absolute Gasteiger partial charge is 0.322 e. The van der Waals surface area contributed by atoms with Crippen molar-refractivity contribution in [3.8, 4) is 5.88 Å². The second-order valence-electron chi connectivity index (χ2n) is 7.40. The second kappa shape index (κ2) is 8.48. The molecule has 3 aromatic rings. The first kappa shape index (κ1) is 20.4. The van der Waals surface area contributed by atoms with Crippen LogP contribution in [-0.2, 0) is 0 Å². The molecule has 0 bridgehead atoms. The SMILES string of the molecule is CCN(C(=O)Nc1ccc(F)c(Cl)c1)C(c1cnc(OC)c2ccccc12)C1CC1. The van der Waals surface area contributed by atoms with E-state index in [1.165, 1.54) is 18.2 Å². The molecule has 1 unspecified atom stereocenters. The number of hydrogen-bond acceptors (Lipinski definition) is 3. The summed E-state index contributed by atoms with van der Waals surface area (Å²) >= 11 is 5.86. The maximum atomic E-state index is 13.5. The lowest BCUT2D eigenvalue weighted by molar-refractivity contribution is 0.183. The van der Waals surface area contributed by atoms with Crippen LogP contribution in [0.4, 0.5) is 14.9 Å². The molecular formula is C23H23ClFN3O2. The number of nitrogens with one attached hydrogen (secondary N) is 1.